The molecule has 2 aromatic rings. The lowest BCUT2D eigenvalue weighted by atomic mass is 9.74. The second-order valence-electron chi connectivity index (χ2n) is 13.0. The third kappa shape index (κ3) is 8.88. The molecular weight excluding hydrogens is 598 g/mol. The minimum atomic E-state index is -3.52. The smallest absolute Gasteiger partial charge is 0.400 e. The van der Waals surface area contributed by atoms with Gasteiger partial charge in [-0.15, -0.1) is 0 Å². The van der Waals surface area contributed by atoms with Gasteiger partial charge in [-0.3, -0.25) is 0 Å². The Bertz CT molecular complexity index is 1220. The van der Waals surface area contributed by atoms with Gasteiger partial charge in [-0.05, 0) is 80.2 Å². The number of unbranched alkanes of at least 4 members (excludes halogenated alkanes) is 2. The molecule has 0 unspecified atom stereocenters. The Labute approximate surface area is 261 Å². The van der Waals surface area contributed by atoms with E-state index in [1.54, 1.807) is 0 Å². The molecule has 0 bridgehead atoms. The van der Waals surface area contributed by atoms with Crippen LogP contribution in [0.3, 0.4) is 0 Å². The number of halogens is 6. The Hall–Kier alpha value is -2.46. The summed E-state index contributed by atoms with van der Waals surface area (Å²) in [6.07, 6.45) is 7.90. The summed E-state index contributed by atoms with van der Waals surface area (Å²) in [4.78, 5) is 0. The Morgan fingerprint density at radius 2 is 1.49 bits per heavy atom. The maximum Gasteiger partial charge on any atom is 0.400 e. The van der Waals surface area contributed by atoms with Crippen LogP contribution in [0.25, 0.3) is 11.1 Å². The van der Waals surface area contributed by atoms with E-state index < -0.39 is 36.0 Å². The van der Waals surface area contributed by atoms with Gasteiger partial charge in [0, 0.05) is 23.5 Å². The first-order valence-electron chi connectivity index (χ1n) is 16.5. The lowest BCUT2D eigenvalue weighted by molar-refractivity contribution is -0.251. The van der Waals surface area contributed by atoms with E-state index in [9.17, 15) is 17.6 Å². The van der Waals surface area contributed by atoms with E-state index in [1.165, 1.54) is 69.6 Å². The SMILES string of the molecule is CCCCCC1CCC(C2COC(C3CCC(C(F)(F)Oc4ccc(-c5ccc(OC(F)F)c(F)c5)c(F)c4)CC3)OC2)CC1. The van der Waals surface area contributed by atoms with Crippen LogP contribution in [0.1, 0.15) is 84.0 Å². The molecule has 250 valence electrons. The highest BCUT2D eigenvalue weighted by Gasteiger charge is 2.46. The molecule has 3 fully saturated rings. The molecule has 4 nitrogen and oxygen atoms in total. The highest BCUT2D eigenvalue weighted by Crippen LogP contribution is 2.44. The van der Waals surface area contributed by atoms with E-state index in [0.717, 1.165) is 24.1 Å². The fourth-order valence-corrected chi connectivity index (χ4v) is 7.33. The van der Waals surface area contributed by atoms with E-state index in [4.69, 9.17) is 14.2 Å². The summed E-state index contributed by atoms with van der Waals surface area (Å²) in [6.45, 7) is 0.357. The first-order chi connectivity index (χ1) is 21.6. The number of hydrogen-bond acceptors (Lipinski definition) is 4. The molecule has 10 heteroatoms. The first kappa shape index (κ1) is 33.9. The highest BCUT2D eigenvalue weighted by atomic mass is 19.3. The van der Waals surface area contributed by atoms with Crippen LogP contribution < -0.4 is 9.47 Å². The van der Waals surface area contributed by atoms with Gasteiger partial charge in [-0.2, -0.15) is 17.6 Å². The Balaban J connectivity index is 1.07. The molecule has 2 saturated carbocycles. The van der Waals surface area contributed by atoms with Crippen molar-refractivity contribution in [3.05, 3.63) is 48.0 Å². The van der Waals surface area contributed by atoms with E-state index in [2.05, 4.69) is 11.7 Å². The van der Waals surface area contributed by atoms with Crippen LogP contribution in [0.5, 0.6) is 11.5 Å². The predicted molar refractivity (Wildman–Crippen MR) is 158 cm³/mol. The number of rotatable bonds is 12. The van der Waals surface area contributed by atoms with Crippen LogP contribution in [-0.2, 0) is 9.47 Å². The molecule has 1 heterocycles. The van der Waals surface area contributed by atoms with Crippen LogP contribution >= 0.6 is 0 Å². The van der Waals surface area contributed by atoms with Gasteiger partial charge in [0.05, 0.1) is 19.1 Å². The van der Waals surface area contributed by atoms with Crippen molar-refractivity contribution in [1.82, 2.24) is 0 Å². The number of ether oxygens (including phenoxy) is 4. The van der Waals surface area contributed by atoms with Crippen LogP contribution in [0.15, 0.2) is 36.4 Å². The lowest BCUT2D eigenvalue weighted by Gasteiger charge is -2.41. The maximum absolute atomic E-state index is 15.2. The largest absolute Gasteiger partial charge is 0.432 e. The summed E-state index contributed by atoms with van der Waals surface area (Å²) in [5.41, 5.74) is -0.0645. The highest BCUT2D eigenvalue weighted by molar-refractivity contribution is 5.66. The summed E-state index contributed by atoms with van der Waals surface area (Å²) in [7, 11) is 0. The molecule has 2 aliphatic carbocycles. The third-order valence-corrected chi connectivity index (χ3v) is 10.0. The maximum atomic E-state index is 15.2. The van der Waals surface area contributed by atoms with Crippen molar-refractivity contribution in [3.8, 4) is 22.6 Å². The van der Waals surface area contributed by atoms with E-state index in [0.29, 0.717) is 37.9 Å². The zero-order valence-corrected chi connectivity index (χ0v) is 25.8. The summed E-state index contributed by atoms with van der Waals surface area (Å²) in [5.74, 6) is -2.17. The number of hydrogen-bond donors (Lipinski definition) is 0. The van der Waals surface area contributed by atoms with Gasteiger partial charge < -0.3 is 18.9 Å². The van der Waals surface area contributed by atoms with E-state index >= 15 is 8.78 Å². The van der Waals surface area contributed by atoms with Crippen LogP contribution in [0.4, 0.5) is 26.3 Å². The van der Waals surface area contributed by atoms with Crippen molar-refractivity contribution >= 4 is 0 Å². The third-order valence-electron chi connectivity index (χ3n) is 10.0. The molecule has 0 amide bonds. The van der Waals surface area contributed by atoms with Gasteiger partial charge in [-0.1, -0.05) is 51.5 Å². The number of benzene rings is 2. The van der Waals surface area contributed by atoms with E-state index in [1.807, 2.05) is 0 Å². The monoisotopic (exact) mass is 642 g/mol. The van der Waals surface area contributed by atoms with Gasteiger partial charge in [0.25, 0.3) is 0 Å². The van der Waals surface area contributed by atoms with Crippen molar-refractivity contribution < 1.29 is 45.3 Å². The first-order valence-corrected chi connectivity index (χ1v) is 16.5. The molecule has 45 heavy (non-hydrogen) atoms. The van der Waals surface area contributed by atoms with Gasteiger partial charge in [0.15, 0.2) is 17.9 Å². The summed E-state index contributed by atoms with van der Waals surface area (Å²) >= 11 is 0. The summed E-state index contributed by atoms with van der Waals surface area (Å²) in [6, 6.07) is 6.17. The van der Waals surface area contributed by atoms with Gasteiger partial charge in [0.1, 0.15) is 11.6 Å². The summed E-state index contributed by atoms with van der Waals surface area (Å²) in [5, 5.41) is 0. The molecule has 0 aromatic heterocycles. The molecule has 0 spiro atoms. The van der Waals surface area contributed by atoms with Gasteiger partial charge in [0.2, 0.25) is 0 Å². The zero-order chi connectivity index (χ0) is 32.0. The fraction of sp³-hybridized carbons (Fsp3) is 0.657. The molecule has 0 N–H and O–H groups in total. The van der Waals surface area contributed by atoms with Crippen molar-refractivity contribution in [2.24, 2.45) is 29.6 Å². The topological polar surface area (TPSA) is 36.9 Å². The predicted octanol–water partition coefficient (Wildman–Crippen LogP) is 10.4. The standard InChI is InChI=1S/C35H44F6O4/c1-2-3-4-5-22-6-8-23(9-7-22)26-20-42-33(43-21-26)24-10-13-27(14-11-24)35(40,41)45-28-15-16-29(30(36)19-28)25-12-17-32(31(37)18-25)44-34(38)39/h12,15-19,22-24,26-27,33-34H,2-11,13-14,20-21H2,1H3. The van der Waals surface area contributed by atoms with Crippen molar-refractivity contribution in [2.45, 2.75) is 103 Å². The van der Waals surface area contributed by atoms with Crippen LogP contribution in [-0.4, -0.2) is 32.2 Å². The average molecular weight is 643 g/mol. The zero-order valence-electron chi connectivity index (χ0n) is 25.8. The second-order valence-corrected chi connectivity index (χ2v) is 13.0. The van der Waals surface area contributed by atoms with Gasteiger partial charge in [-0.25, -0.2) is 8.78 Å². The lowest BCUT2D eigenvalue weighted by Crippen LogP contribution is -2.43. The minimum Gasteiger partial charge on any atom is -0.432 e. The second kappa shape index (κ2) is 15.4. The Morgan fingerprint density at radius 1 is 0.800 bits per heavy atom. The molecule has 2 aromatic carbocycles. The van der Waals surface area contributed by atoms with Crippen molar-refractivity contribution in [1.29, 1.82) is 0 Å². The van der Waals surface area contributed by atoms with Crippen molar-refractivity contribution in [3.63, 3.8) is 0 Å². The molecule has 1 aliphatic heterocycles. The molecular formula is C35H44F6O4. The average Bonchev–Trinajstić information content (AvgIpc) is 3.02. The Kier molecular flexibility index (Phi) is 11.6. The molecule has 3 aliphatic rings. The van der Waals surface area contributed by atoms with Gasteiger partial charge >= 0.3 is 12.7 Å². The quantitative estimate of drug-likeness (QED) is 0.171. The molecule has 0 radical (unpaired) electrons. The minimum absolute atomic E-state index is 0.0342. The molecule has 5 rings (SSSR count). The van der Waals surface area contributed by atoms with E-state index in [-0.39, 0.29) is 41.9 Å². The fourth-order valence-electron chi connectivity index (χ4n) is 7.33. The van der Waals surface area contributed by atoms with Crippen LogP contribution in [0, 0.1) is 41.2 Å². The normalized spacial score (nSPS) is 27.8. The molecule has 0 atom stereocenters. The summed E-state index contributed by atoms with van der Waals surface area (Å²) < 4.78 is 105. The van der Waals surface area contributed by atoms with Crippen LogP contribution in [0.2, 0.25) is 0 Å². The Morgan fingerprint density at radius 3 is 2.11 bits per heavy atom. The molecule has 1 saturated heterocycles. The van der Waals surface area contributed by atoms with Crippen molar-refractivity contribution in [2.75, 3.05) is 13.2 Å². The number of alkyl halides is 4.